The molecule has 0 spiro atoms. The fraction of sp³-hybridized carbons (Fsp3) is 0.133. The van der Waals surface area contributed by atoms with Gasteiger partial charge in [-0.15, -0.1) is 16.4 Å². The molecule has 3 rings (SSSR count). The van der Waals surface area contributed by atoms with Crippen LogP contribution >= 0.6 is 11.3 Å². The van der Waals surface area contributed by atoms with Crippen LogP contribution in [0.25, 0.3) is 10.8 Å². The van der Waals surface area contributed by atoms with Crippen molar-refractivity contribution in [3.63, 3.8) is 0 Å². The molecule has 0 radical (unpaired) electrons. The van der Waals surface area contributed by atoms with Gasteiger partial charge in [-0.05, 0) is 29.6 Å². The van der Waals surface area contributed by atoms with Crippen LogP contribution in [0.3, 0.4) is 0 Å². The Kier molecular flexibility index (Phi) is 4.03. The lowest BCUT2D eigenvalue weighted by atomic mass is 10.2. The summed E-state index contributed by atoms with van der Waals surface area (Å²) in [5.41, 5.74) is 0.524. The van der Waals surface area contributed by atoms with Crippen LogP contribution in [0.4, 0.5) is 0 Å². The zero-order chi connectivity index (χ0) is 15.4. The summed E-state index contributed by atoms with van der Waals surface area (Å²) < 4.78 is 11.8. The predicted octanol–water partition coefficient (Wildman–Crippen LogP) is 2.52. The number of hydrogen-bond donors (Lipinski definition) is 0. The Hall–Kier alpha value is -2.85. The molecule has 0 aliphatic heterocycles. The lowest BCUT2D eigenvalue weighted by Crippen LogP contribution is -2.20. The van der Waals surface area contributed by atoms with E-state index < -0.39 is 5.76 Å². The number of rotatable bonds is 5. The van der Waals surface area contributed by atoms with Gasteiger partial charge in [0.15, 0.2) is 0 Å². The van der Waals surface area contributed by atoms with Crippen molar-refractivity contribution in [1.29, 1.82) is 5.26 Å². The molecule has 0 aliphatic carbocycles. The van der Waals surface area contributed by atoms with Gasteiger partial charge in [0.1, 0.15) is 12.4 Å². The summed E-state index contributed by atoms with van der Waals surface area (Å²) >= 11 is 1.45. The van der Waals surface area contributed by atoms with Crippen LogP contribution in [-0.2, 0) is 6.54 Å². The second kappa shape index (κ2) is 6.28. The zero-order valence-electron chi connectivity index (χ0n) is 11.4. The van der Waals surface area contributed by atoms with Gasteiger partial charge >= 0.3 is 5.76 Å². The molecule has 0 aliphatic rings. The molecule has 0 saturated carbocycles. The summed E-state index contributed by atoms with van der Waals surface area (Å²) in [6, 6.07) is 12.6. The maximum absolute atomic E-state index is 11.7. The average molecular weight is 313 g/mol. The van der Waals surface area contributed by atoms with Gasteiger partial charge in [0, 0.05) is 0 Å². The van der Waals surface area contributed by atoms with Crippen molar-refractivity contribution in [2.24, 2.45) is 0 Å². The highest BCUT2D eigenvalue weighted by atomic mass is 32.1. The smallest absolute Gasteiger partial charge is 0.437 e. The van der Waals surface area contributed by atoms with E-state index in [1.165, 1.54) is 16.0 Å². The van der Waals surface area contributed by atoms with Gasteiger partial charge in [-0.2, -0.15) is 9.94 Å². The van der Waals surface area contributed by atoms with Gasteiger partial charge in [0.2, 0.25) is 0 Å². The molecule has 1 aromatic carbocycles. The van der Waals surface area contributed by atoms with Gasteiger partial charge in [-0.3, -0.25) is 0 Å². The number of ether oxygens (including phenoxy) is 1. The summed E-state index contributed by atoms with van der Waals surface area (Å²) in [4.78, 5) is 12.5. The monoisotopic (exact) mass is 313 g/mol. The third-order valence-corrected chi connectivity index (χ3v) is 3.73. The molecule has 0 N–H and O–H groups in total. The van der Waals surface area contributed by atoms with Crippen LogP contribution in [0, 0.1) is 11.3 Å². The minimum atomic E-state index is -0.516. The SMILES string of the molecule is N#Cc1cccc(OCCn2nc(-c3cccs3)oc2=O)c1. The standard InChI is InChI=1S/C15H11N3O3S/c16-10-11-3-1-4-12(9-11)20-7-6-18-15(19)21-14(17-18)13-5-2-8-22-13/h1-5,8-9H,6-7H2. The lowest BCUT2D eigenvalue weighted by Gasteiger charge is -2.05. The van der Waals surface area contributed by atoms with Gasteiger partial charge < -0.3 is 9.15 Å². The Balaban J connectivity index is 1.65. The second-order valence-electron chi connectivity index (χ2n) is 4.36. The van der Waals surface area contributed by atoms with Crippen LogP contribution in [0.15, 0.2) is 51.0 Å². The molecule has 0 amide bonds. The molecule has 2 heterocycles. The minimum absolute atomic E-state index is 0.255. The Morgan fingerprint density at radius 2 is 2.27 bits per heavy atom. The van der Waals surface area contributed by atoms with E-state index in [2.05, 4.69) is 5.10 Å². The molecule has 3 aromatic rings. The van der Waals surface area contributed by atoms with Crippen molar-refractivity contribution in [1.82, 2.24) is 9.78 Å². The maximum atomic E-state index is 11.7. The topological polar surface area (TPSA) is 81.0 Å². The fourth-order valence-corrected chi connectivity index (χ4v) is 2.50. The number of thiophene rings is 1. The van der Waals surface area contributed by atoms with E-state index in [1.54, 1.807) is 24.3 Å². The van der Waals surface area contributed by atoms with E-state index in [-0.39, 0.29) is 13.2 Å². The van der Waals surface area contributed by atoms with Crippen molar-refractivity contribution >= 4 is 11.3 Å². The van der Waals surface area contributed by atoms with Crippen LogP contribution in [0.1, 0.15) is 5.56 Å². The normalized spacial score (nSPS) is 10.3. The molecule has 0 unspecified atom stereocenters. The molecule has 7 heteroatoms. The minimum Gasteiger partial charge on any atom is -0.492 e. The second-order valence-corrected chi connectivity index (χ2v) is 5.31. The molecular weight excluding hydrogens is 302 g/mol. The maximum Gasteiger partial charge on any atom is 0.437 e. The molecule has 0 saturated heterocycles. The lowest BCUT2D eigenvalue weighted by molar-refractivity contribution is 0.285. The molecule has 22 heavy (non-hydrogen) atoms. The van der Waals surface area contributed by atoms with Crippen molar-refractivity contribution in [3.05, 3.63) is 57.9 Å². The average Bonchev–Trinajstić information content (AvgIpc) is 3.18. The first-order chi connectivity index (χ1) is 10.8. The van der Waals surface area contributed by atoms with Crippen molar-refractivity contribution in [3.8, 4) is 22.6 Å². The van der Waals surface area contributed by atoms with E-state index in [1.807, 2.05) is 23.6 Å². The Labute approximate surface area is 129 Å². The number of hydrogen-bond acceptors (Lipinski definition) is 6. The van der Waals surface area contributed by atoms with Crippen LogP contribution < -0.4 is 10.5 Å². The van der Waals surface area contributed by atoms with Gasteiger partial charge in [-0.1, -0.05) is 12.1 Å². The summed E-state index contributed by atoms with van der Waals surface area (Å²) in [5.74, 6) is 0.373. The van der Waals surface area contributed by atoms with E-state index in [9.17, 15) is 4.79 Å². The van der Waals surface area contributed by atoms with Gasteiger partial charge in [-0.25, -0.2) is 4.79 Å². The fourth-order valence-electron chi connectivity index (χ4n) is 1.85. The highest BCUT2D eigenvalue weighted by Crippen LogP contribution is 2.21. The highest BCUT2D eigenvalue weighted by Gasteiger charge is 2.10. The first-order valence-electron chi connectivity index (χ1n) is 6.51. The quantitative estimate of drug-likeness (QED) is 0.723. The molecule has 2 aromatic heterocycles. The van der Waals surface area contributed by atoms with E-state index in [4.69, 9.17) is 14.4 Å². The predicted molar refractivity (Wildman–Crippen MR) is 80.7 cm³/mol. The van der Waals surface area contributed by atoms with Gasteiger partial charge in [0.05, 0.1) is 23.1 Å². The molecule has 0 bridgehead atoms. The number of aromatic nitrogens is 2. The summed E-state index contributed by atoms with van der Waals surface area (Å²) in [6.45, 7) is 0.524. The Morgan fingerprint density at radius 3 is 3.05 bits per heavy atom. The van der Waals surface area contributed by atoms with Crippen LogP contribution in [0.5, 0.6) is 5.75 Å². The number of nitrogens with zero attached hydrogens (tertiary/aromatic N) is 3. The van der Waals surface area contributed by atoms with E-state index in [0.29, 0.717) is 17.2 Å². The molecule has 110 valence electrons. The number of nitriles is 1. The summed E-state index contributed by atoms with van der Waals surface area (Å²) in [5, 5.41) is 14.8. The van der Waals surface area contributed by atoms with Gasteiger partial charge in [0.25, 0.3) is 5.89 Å². The first kappa shape index (κ1) is 14.1. The van der Waals surface area contributed by atoms with Crippen molar-refractivity contribution in [2.75, 3.05) is 6.61 Å². The highest BCUT2D eigenvalue weighted by molar-refractivity contribution is 7.13. The van der Waals surface area contributed by atoms with Crippen molar-refractivity contribution in [2.45, 2.75) is 6.54 Å². The summed E-state index contributed by atoms with van der Waals surface area (Å²) in [7, 11) is 0. The summed E-state index contributed by atoms with van der Waals surface area (Å²) in [6.07, 6.45) is 0. The third kappa shape index (κ3) is 3.07. The van der Waals surface area contributed by atoms with E-state index in [0.717, 1.165) is 4.88 Å². The molecular formula is C15H11N3O3S. The molecule has 0 fully saturated rings. The zero-order valence-corrected chi connectivity index (χ0v) is 12.2. The third-order valence-electron chi connectivity index (χ3n) is 2.87. The Bertz CT molecular complexity index is 859. The van der Waals surface area contributed by atoms with Crippen LogP contribution in [-0.4, -0.2) is 16.4 Å². The first-order valence-corrected chi connectivity index (χ1v) is 7.39. The van der Waals surface area contributed by atoms with Crippen molar-refractivity contribution < 1.29 is 9.15 Å². The largest absolute Gasteiger partial charge is 0.492 e. The van der Waals surface area contributed by atoms with Crippen LogP contribution in [0.2, 0.25) is 0 Å². The molecule has 6 nitrogen and oxygen atoms in total. The number of benzene rings is 1. The Morgan fingerprint density at radius 1 is 1.36 bits per heavy atom. The molecule has 0 atom stereocenters. The van der Waals surface area contributed by atoms with E-state index >= 15 is 0 Å².